The molecular formula is C20H32N6O. The van der Waals surface area contributed by atoms with Crippen molar-refractivity contribution in [1.29, 1.82) is 0 Å². The second-order valence-electron chi connectivity index (χ2n) is 6.95. The minimum atomic E-state index is 0.569. The number of hydrogen-bond donors (Lipinski definition) is 2. The number of aromatic nitrogens is 3. The minimum absolute atomic E-state index is 0.569. The highest BCUT2D eigenvalue weighted by Crippen LogP contribution is 2.21. The number of guanidine groups is 1. The van der Waals surface area contributed by atoms with Crippen LogP contribution in [0.1, 0.15) is 44.1 Å². The van der Waals surface area contributed by atoms with E-state index in [1.54, 1.807) is 13.4 Å². The van der Waals surface area contributed by atoms with Gasteiger partial charge in [0.25, 0.3) is 0 Å². The van der Waals surface area contributed by atoms with Crippen molar-refractivity contribution in [3.8, 4) is 5.75 Å². The fraction of sp³-hybridized carbons (Fsp3) is 0.550. The molecule has 1 heterocycles. The highest BCUT2D eigenvalue weighted by Gasteiger charge is 2.08. The Labute approximate surface area is 162 Å². The Morgan fingerprint density at radius 2 is 2.04 bits per heavy atom. The van der Waals surface area contributed by atoms with Gasteiger partial charge in [0.2, 0.25) is 0 Å². The molecule has 2 aromatic rings. The number of nitrogens with one attached hydrogen (secondary N) is 2. The Hall–Kier alpha value is -2.57. The van der Waals surface area contributed by atoms with E-state index in [2.05, 4.69) is 71.7 Å². The molecule has 0 fully saturated rings. The predicted octanol–water partition coefficient (Wildman–Crippen LogP) is 2.90. The summed E-state index contributed by atoms with van der Waals surface area (Å²) in [6.07, 6.45) is 2.78. The van der Waals surface area contributed by atoms with Gasteiger partial charge >= 0.3 is 0 Å². The van der Waals surface area contributed by atoms with Gasteiger partial charge in [0, 0.05) is 25.7 Å². The van der Waals surface area contributed by atoms with E-state index in [4.69, 9.17) is 4.74 Å². The summed E-state index contributed by atoms with van der Waals surface area (Å²) in [4.78, 5) is 4.29. The molecule has 1 aromatic carbocycles. The van der Waals surface area contributed by atoms with Gasteiger partial charge in [-0.05, 0) is 37.8 Å². The van der Waals surface area contributed by atoms with Crippen LogP contribution in [0.4, 0.5) is 0 Å². The lowest BCUT2D eigenvalue weighted by atomic mass is 10.1. The summed E-state index contributed by atoms with van der Waals surface area (Å²) >= 11 is 0. The number of ether oxygens (including phenoxy) is 1. The summed E-state index contributed by atoms with van der Waals surface area (Å²) in [6.45, 7) is 11.3. The molecule has 0 spiro atoms. The Kier molecular flexibility index (Phi) is 8.10. The maximum atomic E-state index is 6.02. The molecule has 2 N–H and O–H groups in total. The number of benzene rings is 1. The van der Waals surface area contributed by atoms with E-state index in [0.29, 0.717) is 25.0 Å². The molecule has 0 aliphatic carbocycles. The molecular weight excluding hydrogens is 340 g/mol. The number of hydrogen-bond acceptors (Lipinski definition) is 4. The van der Waals surface area contributed by atoms with Crippen molar-refractivity contribution in [2.24, 2.45) is 10.9 Å². The van der Waals surface area contributed by atoms with Gasteiger partial charge in [0.1, 0.15) is 12.1 Å². The summed E-state index contributed by atoms with van der Waals surface area (Å²) in [5.41, 5.74) is 2.31. The van der Waals surface area contributed by atoms with E-state index in [1.165, 1.54) is 5.56 Å². The Morgan fingerprint density at radius 1 is 1.26 bits per heavy atom. The first kappa shape index (κ1) is 20.7. The van der Waals surface area contributed by atoms with Gasteiger partial charge in [-0.3, -0.25) is 4.99 Å². The van der Waals surface area contributed by atoms with E-state index < -0.39 is 0 Å². The highest BCUT2D eigenvalue weighted by atomic mass is 16.5. The summed E-state index contributed by atoms with van der Waals surface area (Å²) in [6, 6.07) is 6.30. The van der Waals surface area contributed by atoms with E-state index in [9.17, 15) is 0 Å². The lowest BCUT2D eigenvalue weighted by molar-refractivity contribution is 0.286. The van der Waals surface area contributed by atoms with Gasteiger partial charge in [-0.15, -0.1) is 10.2 Å². The fourth-order valence-corrected chi connectivity index (χ4v) is 2.59. The predicted molar refractivity (Wildman–Crippen MR) is 109 cm³/mol. The van der Waals surface area contributed by atoms with Gasteiger partial charge in [0.15, 0.2) is 11.8 Å². The SMILES string of the molecule is CCn1cnnc1CNC(=NC)NCc1ccc(C)cc1OCCC(C)C. The summed E-state index contributed by atoms with van der Waals surface area (Å²) in [5, 5.41) is 14.7. The first-order valence-corrected chi connectivity index (χ1v) is 9.57. The number of nitrogens with zero attached hydrogens (tertiary/aromatic N) is 4. The van der Waals surface area contributed by atoms with Crippen LogP contribution in [0.15, 0.2) is 29.5 Å². The fourth-order valence-electron chi connectivity index (χ4n) is 2.59. The molecule has 0 amide bonds. The Balaban J connectivity index is 1.93. The lowest BCUT2D eigenvalue weighted by Crippen LogP contribution is -2.37. The van der Waals surface area contributed by atoms with Crippen LogP contribution in [0.3, 0.4) is 0 Å². The average Bonchev–Trinajstić information content (AvgIpc) is 3.10. The minimum Gasteiger partial charge on any atom is -0.493 e. The van der Waals surface area contributed by atoms with Crippen molar-refractivity contribution in [3.63, 3.8) is 0 Å². The molecule has 1 aromatic heterocycles. The first-order chi connectivity index (χ1) is 13.0. The van der Waals surface area contributed by atoms with Crippen molar-refractivity contribution < 1.29 is 4.74 Å². The molecule has 0 saturated carbocycles. The van der Waals surface area contributed by atoms with Crippen molar-refractivity contribution in [2.45, 2.75) is 53.8 Å². The quantitative estimate of drug-likeness (QED) is 0.523. The molecule has 0 bridgehead atoms. The largest absolute Gasteiger partial charge is 0.493 e. The molecule has 27 heavy (non-hydrogen) atoms. The van der Waals surface area contributed by atoms with Crippen LogP contribution >= 0.6 is 0 Å². The van der Waals surface area contributed by atoms with Crippen molar-refractivity contribution >= 4 is 5.96 Å². The van der Waals surface area contributed by atoms with E-state index in [0.717, 1.165) is 36.7 Å². The third kappa shape index (κ3) is 6.58. The monoisotopic (exact) mass is 372 g/mol. The average molecular weight is 373 g/mol. The van der Waals surface area contributed by atoms with E-state index >= 15 is 0 Å². The van der Waals surface area contributed by atoms with Crippen LogP contribution in [-0.4, -0.2) is 34.4 Å². The summed E-state index contributed by atoms with van der Waals surface area (Å²) in [5.74, 6) is 3.16. The smallest absolute Gasteiger partial charge is 0.191 e. The van der Waals surface area contributed by atoms with Crippen LogP contribution in [-0.2, 0) is 19.6 Å². The van der Waals surface area contributed by atoms with Gasteiger partial charge < -0.3 is 19.9 Å². The second kappa shape index (κ2) is 10.5. The van der Waals surface area contributed by atoms with Gasteiger partial charge in [-0.25, -0.2) is 0 Å². The zero-order valence-electron chi connectivity index (χ0n) is 17.1. The second-order valence-corrected chi connectivity index (χ2v) is 6.95. The topological polar surface area (TPSA) is 76.4 Å². The van der Waals surface area contributed by atoms with Crippen LogP contribution in [0.25, 0.3) is 0 Å². The first-order valence-electron chi connectivity index (χ1n) is 9.57. The Morgan fingerprint density at radius 3 is 2.74 bits per heavy atom. The molecule has 0 radical (unpaired) electrons. The van der Waals surface area contributed by atoms with Crippen LogP contribution in [0.5, 0.6) is 5.75 Å². The molecule has 0 saturated heterocycles. The van der Waals surface area contributed by atoms with Gasteiger partial charge in [-0.1, -0.05) is 26.0 Å². The van der Waals surface area contributed by atoms with Crippen LogP contribution in [0.2, 0.25) is 0 Å². The van der Waals surface area contributed by atoms with Crippen molar-refractivity contribution in [1.82, 2.24) is 25.4 Å². The number of aliphatic imine (C=N–C) groups is 1. The third-order valence-corrected chi connectivity index (χ3v) is 4.30. The van der Waals surface area contributed by atoms with Crippen LogP contribution in [0, 0.1) is 12.8 Å². The maximum Gasteiger partial charge on any atom is 0.191 e. The van der Waals surface area contributed by atoms with Crippen molar-refractivity contribution in [2.75, 3.05) is 13.7 Å². The normalized spacial score (nSPS) is 11.7. The van der Waals surface area contributed by atoms with E-state index in [1.807, 2.05) is 4.57 Å². The Bertz CT molecular complexity index is 738. The third-order valence-electron chi connectivity index (χ3n) is 4.30. The zero-order valence-corrected chi connectivity index (χ0v) is 17.1. The van der Waals surface area contributed by atoms with Gasteiger partial charge in [0.05, 0.1) is 13.2 Å². The molecule has 0 unspecified atom stereocenters. The van der Waals surface area contributed by atoms with Crippen LogP contribution < -0.4 is 15.4 Å². The number of rotatable bonds is 9. The molecule has 7 nitrogen and oxygen atoms in total. The van der Waals surface area contributed by atoms with Gasteiger partial charge in [-0.2, -0.15) is 0 Å². The highest BCUT2D eigenvalue weighted by molar-refractivity contribution is 5.79. The van der Waals surface area contributed by atoms with E-state index in [-0.39, 0.29) is 0 Å². The molecule has 2 rings (SSSR count). The lowest BCUT2D eigenvalue weighted by Gasteiger charge is -2.16. The molecule has 0 atom stereocenters. The molecule has 0 aliphatic heterocycles. The standard InChI is InChI=1S/C20H32N6O/c1-6-26-14-24-25-19(26)13-23-20(21-5)22-12-17-8-7-16(4)11-18(17)27-10-9-15(2)3/h7-8,11,14-15H,6,9-10,12-13H2,1-5H3,(H2,21,22,23). The summed E-state index contributed by atoms with van der Waals surface area (Å²) < 4.78 is 8.02. The van der Waals surface area contributed by atoms with Crippen molar-refractivity contribution in [3.05, 3.63) is 41.5 Å². The maximum absolute atomic E-state index is 6.02. The molecule has 148 valence electrons. The number of aryl methyl sites for hydroxylation is 2. The zero-order chi connectivity index (χ0) is 19.6. The molecule has 0 aliphatic rings. The summed E-state index contributed by atoms with van der Waals surface area (Å²) in [7, 11) is 1.76. The molecule has 7 heteroatoms.